The molecule has 2 aliphatic carbocycles. The van der Waals surface area contributed by atoms with Gasteiger partial charge in [-0.1, -0.05) is 39.8 Å². The van der Waals surface area contributed by atoms with Crippen molar-refractivity contribution in [3.8, 4) is 0 Å². The van der Waals surface area contributed by atoms with Gasteiger partial charge in [0.05, 0.1) is 5.41 Å². The van der Waals surface area contributed by atoms with E-state index in [0.717, 1.165) is 24.9 Å². The molecule has 2 saturated carbocycles. The number of amides is 1. The highest BCUT2D eigenvalue weighted by Gasteiger charge is 2.72. The first-order valence-corrected chi connectivity index (χ1v) is 8.20. The van der Waals surface area contributed by atoms with Crippen LogP contribution in [0.2, 0.25) is 0 Å². The SMILES string of the molecule is CCc1ccc(NC(=O)C23CCC(C)(C(=O)C2)C3(C)C)cc1. The van der Waals surface area contributed by atoms with Crippen molar-refractivity contribution in [2.24, 2.45) is 16.2 Å². The number of benzene rings is 1. The Morgan fingerprint density at radius 1 is 1.14 bits per heavy atom. The quantitative estimate of drug-likeness (QED) is 0.918. The molecule has 2 atom stereocenters. The van der Waals surface area contributed by atoms with Crippen molar-refractivity contribution in [1.82, 2.24) is 0 Å². The maximum absolute atomic E-state index is 13.0. The summed E-state index contributed by atoms with van der Waals surface area (Å²) in [4.78, 5) is 25.4. The number of nitrogens with one attached hydrogen (secondary N) is 1. The van der Waals surface area contributed by atoms with Crippen molar-refractivity contribution in [1.29, 1.82) is 0 Å². The maximum Gasteiger partial charge on any atom is 0.231 e. The molecule has 0 aromatic heterocycles. The highest BCUT2D eigenvalue weighted by atomic mass is 16.2. The Labute approximate surface area is 132 Å². The molecule has 2 unspecified atom stereocenters. The van der Waals surface area contributed by atoms with E-state index >= 15 is 0 Å². The molecular formula is C19H25NO2. The van der Waals surface area contributed by atoms with E-state index in [-0.39, 0.29) is 22.5 Å². The van der Waals surface area contributed by atoms with E-state index in [9.17, 15) is 9.59 Å². The Kier molecular flexibility index (Phi) is 3.24. The van der Waals surface area contributed by atoms with Crippen molar-refractivity contribution in [3.05, 3.63) is 29.8 Å². The van der Waals surface area contributed by atoms with Gasteiger partial charge in [0.1, 0.15) is 5.78 Å². The lowest BCUT2D eigenvalue weighted by atomic mass is 9.64. The number of hydrogen-bond donors (Lipinski definition) is 1. The number of carbonyl (C=O) groups is 2. The van der Waals surface area contributed by atoms with E-state index in [4.69, 9.17) is 0 Å². The van der Waals surface area contributed by atoms with E-state index in [1.807, 2.05) is 31.2 Å². The smallest absolute Gasteiger partial charge is 0.231 e. The van der Waals surface area contributed by atoms with Gasteiger partial charge in [0.2, 0.25) is 5.91 Å². The molecule has 0 heterocycles. The maximum atomic E-state index is 13.0. The molecular weight excluding hydrogens is 274 g/mol. The van der Waals surface area contributed by atoms with Crippen molar-refractivity contribution in [2.45, 2.75) is 53.4 Å². The van der Waals surface area contributed by atoms with Crippen LogP contribution in [0, 0.1) is 16.2 Å². The van der Waals surface area contributed by atoms with Gasteiger partial charge in [0.15, 0.2) is 0 Å². The summed E-state index contributed by atoms with van der Waals surface area (Å²) in [5, 5.41) is 3.06. The van der Waals surface area contributed by atoms with Crippen LogP contribution in [-0.4, -0.2) is 11.7 Å². The molecule has 1 amide bonds. The minimum absolute atomic E-state index is 0.0105. The Balaban J connectivity index is 1.87. The molecule has 2 fully saturated rings. The lowest BCUT2D eigenvalue weighted by molar-refractivity contribution is -0.131. The van der Waals surface area contributed by atoms with Crippen LogP contribution in [0.15, 0.2) is 24.3 Å². The fourth-order valence-corrected chi connectivity index (χ4v) is 4.44. The first kappa shape index (κ1) is 15.3. The van der Waals surface area contributed by atoms with E-state index < -0.39 is 5.41 Å². The zero-order chi connectivity index (χ0) is 16.2. The van der Waals surface area contributed by atoms with Crippen LogP contribution in [0.3, 0.4) is 0 Å². The van der Waals surface area contributed by atoms with Gasteiger partial charge in [-0.15, -0.1) is 0 Å². The largest absolute Gasteiger partial charge is 0.326 e. The minimum Gasteiger partial charge on any atom is -0.326 e. The molecule has 1 aromatic carbocycles. The highest BCUT2D eigenvalue weighted by molar-refractivity contribution is 6.04. The van der Waals surface area contributed by atoms with Gasteiger partial charge < -0.3 is 5.32 Å². The Morgan fingerprint density at radius 2 is 1.77 bits per heavy atom. The van der Waals surface area contributed by atoms with Gasteiger partial charge >= 0.3 is 0 Å². The van der Waals surface area contributed by atoms with Gasteiger partial charge in [-0.25, -0.2) is 0 Å². The average molecular weight is 299 g/mol. The summed E-state index contributed by atoms with van der Waals surface area (Å²) in [6.07, 6.45) is 3.00. The van der Waals surface area contributed by atoms with Crippen molar-refractivity contribution >= 4 is 17.4 Å². The summed E-state index contributed by atoms with van der Waals surface area (Å²) in [5.74, 6) is 0.261. The summed E-state index contributed by atoms with van der Waals surface area (Å²) >= 11 is 0. The number of anilines is 1. The van der Waals surface area contributed by atoms with Gasteiger partial charge in [-0.2, -0.15) is 0 Å². The van der Waals surface area contributed by atoms with E-state index in [1.54, 1.807) is 0 Å². The van der Waals surface area contributed by atoms with Crippen LogP contribution < -0.4 is 5.32 Å². The zero-order valence-corrected chi connectivity index (χ0v) is 14.0. The molecule has 0 spiro atoms. The Bertz CT molecular complexity index is 631. The lowest BCUT2D eigenvalue weighted by Crippen LogP contribution is -2.43. The van der Waals surface area contributed by atoms with Crippen LogP contribution in [0.5, 0.6) is 0 Å². The van der Waals surface area contributed by atoms with Gasteiger partial charge in [-0.05, 0) is 42.4 Å². The molecule has 0 aliphatic heterocycles. The number of aryl methyl sites for hydroxylation is 1. The van der Waals surface area contributed by atoms with Crippen molar-refractivity contribution in [2.75, 3.05) is 5.32 Å². The monoisotopic (exact) mass is 299 g/mol. The second kappa shape index (κ2) is 4.68. The van der Waals surface area contributed by atoms with Crippen LogP contribution in [0.25, 0.3) is 0 Å². The molecule has 2 aliphatic rings. The molecule has 3 heteroatoms. The molecule has 1 aromatic rings. The second-order valence-corrected chi connectivity index (χ2v) is 7.64. The molecule has 22 heavy (non-hydrogen) atoms. The van der Waals surface area contributed by atoms with Crippen LogP contribution >= 0.6 is 0 Å². The number of rotatable bonds is 3. The van der Waals surface area contributed by atoms with E-state index in [0.29, 0.717) is 6.42 Å². The van der Waals surface area contributed by atoms with Crippen LogP contribution in [0.4, 0.5) is 5.69 Å². The third-order valence-electron chi connectivity index (χ3n) is 6.76. The molecule has 2 bridgehead atoms. The highest BCUT2D eigenvalue weighted by Crippen LogP contribution is 2.70. The van der Waals surface area contributed by atoms with Crippen molar-refractivity contribution in [3.63, 3.8) is 0 Å². The van der Waals surface area contributed by atoms with Crippen LogP contribution in [-0.2, 0) is 16.0 Å². The molecule has 118 valence electrons. The minimum atomic E-state index is -0.553. The number of fused-ring (bicyclic) bond motifs is 2. The molecule has 3 nitrogen and oxygen atoms in total. The predicted octanol–water partition coefficient (Wildman–Crippen LogP) is 3.97. The first-order chi connectivity index (χ1) is 10.3. The van der Waals surface area contributed by atoms with Crippen molar-refractivity contribution < 1.29 is 9.59 Å². The van der Waals surface area contributed by atoms with Gasteiger partial charge in [0, 0.05) is 17.5 Å². The number of ketones is 1. The summed E-state index contributed by atoms with van der Waals surface area (Å²) < 4.78 is 0. The molecule has 0 saturated heterocycles. The molecule has 1 N–H and O–H groups in total. The van der Waals surface area contributed by atoms with E-state index in [1.165, 1.54) is 5.56 Å². The Hall–Kier alpha value is -1.64. The van der Waals surface area contributed by atoms with E-state index in [2.05, 4.69) is 26.1 Å². The fourth-order valence-electron chi connectivity index (χ4n) is 4.44. The first-order valence-electron chi connectivity index (χ1n) is 8.20. The second-order valence-electron chi connectivity index (χ2n) is 7.64. The summed E-state index contributed by atoms with van der Waals surface area (Å²) in [7, 11) is 0. The summed E-state index contributed by atoms with van der Waals surface area (Å²) in [5.41, 5.74) is 0.879. The predicted molar refractivity (Wildman–Crippen MR) is 87.6 cm³/mol. The lowest BCUT2D eigenvalue weighted by Gasteiger charge is -2.38. The molecule has 0 radical (unpaired) electrons. The summed E-state index contributed by atoms with van der Waals surface area (Å²) in [6.45, 7) is 8.32. The number of hydrogen-bond acceptors (Lipinski definition) is 2. The van der Waals surface area contributed by atoms with Crippen LogP contribution in [0.1, 0.15) is 52.5 Å². The van der Waals surface area contributed by atoms with Gasteiger partial charge in [0.25, 0.3) is 0 Å². The topological polar surface area (TPSA) is 46.2 Å². The standard InChI is InChI=1S/C19H25NO2/c1-5-13-6-8-14(9-7-13)20-16(22)19-11-10-18(4,15(21)12-19)17(19,2)3/h6-9H,5,10-12H2,1-4H3,(H,20,22). The fraction of sp³-hybridized carbons (Fsp3) is 0.579. The number of carbonyl (C=O) groups excluding carboxylic acids is 2. The zero-order valence-electron chi connectivity index (χ0n) is 14.0. The van der Waals surface area contributed by atoms with Gasteiger partial charge in [-0.3, -0.25) is 9.59 Å². The third-order valence-corrected chi connectivity index (χ3v) is 6.76. The summed E-state index contributed by atoms with van der Waals surface area (Å²) in [6, 6.07) is 7.98. The average Bonchev–Trinajstić information content (AvgIpc) is 2.78. The Morgan fingerprint density at radius 3 is 2.23 bits per heavy atom. The number of Topliss-reactive ketones (excluding diaryl/α,β-unsaturated/α-hetero) is 1. The third kappa shape index (κ3) is 1.74. The normalized spacial score (nSPS) is 32.3. The molecule has 3 rings (SSSR count).